The van der Waals surface area contributed by atoms with Crippen LogP contribution in [0.15, 0.2) is 24.3 Å². The third kappa shape index (κ3) is 4.12. The van der Waals surface area contributed by atoms with Crippen LogP contribution in [-0.4, -0.2) is 34.9 Å². The molecule has 6 nitrogen and oxygen atoms in total. The minimum absolute atomic E-state index is 0.288. The minimum Gasteiger partial charge on any atom is -0.465 e. The fraction of sp³-hybridized carbons (Fsp3) is 0.273. The maximum Gasteiger partial charge on any atom is 0.404 e. The second kappa shape index (κ2) is 5.86. The molecule has 0 aliphatic carbocycles. The fourth-order valence-corrected chi connectivity index (χ4v) is 1.43. The van der Waals surface area contributed by atoms with Crippen molar-refractivity contribution in [3.05, 3.63) is 35.4 Å². The summed E-state index contributed by atoms with van der Waals surface area (Å²) in [7, 11) is 0. The monoisotopic (exact) mass is 238 g/mol. The normalized spacial score (nSPS) is 11.8. The second-order valence-corrected chi connectivity index (χ2v) is 3.59. The highest BCUT2D eigenvalue weighted by atomic mass is 16.4. The van der Waals surface area contributed by atoms with E-state index in [1.54, 1.807) is 24.3 Å². The van der Waals surface area contributed by atoms with E-state index in [1.165, 1.54) is 0 Å². The van der Waals surface area contributed by atoms with Crippen LogP contribution >= 0.6 is 0 Å². The van der Waals surface area contributed by atoms with Gasteiger partial charge in [0.05, 0.1) is 12.6 Å². The van der Waals surface area contributed by atoms with Crippen LogP contribution in [0.3, 0.4) is 0 Å². The summed E-state index contributed by atoms with van der Waals surface area (Å²) in [6.07, 6.45) is -0.834. The molecule has 0 aromatic heterocycles. The Bertz CT molecular complexity index is 402. The molecule has 0 spiro atoms. The molecule has 0 aliphatic rings. The lowest BCUT2D eigenvalue weighted by Gasteiger charge is -2.13. The highest BCUT2D eigenvalue weighted by Gasteiger charge is 2.11. The zero-order valence-electron chi connectivity index (χ0n) is 9.09. The number of hydrogen-bond acceptors (Lipinski definition) is 3. The molecule has 1 rings (SSSR count). The van der Waals surface area contributed by atoms with Crippen molar-refractivity contribution >= 4 is 12.0 Å². The molecule has 0 saturated heterocycles. The molecule has 0 bridgehead atoms. The van der Waals surface area contributed by atoms with Crippen molar-refractivity contribution in [1.82, 2.24) is 5.32 Å². The summed E-state index contributed by atoms with van der Waals surface area (Å²) in [5.41, 5.74) is 6.29. The molecular formula is C11H14N2O4. The van der Waals surface area contributed by atoms with Gasteiger partial charge in [0, 0.05) is 5.56 Å². The largest absolute Gasteiger partial charge is 0.465 e. The molecule has 17 heavy (non-hydrogen) atoms. The molecule has 5 N–H and O–H groups in total. The number of benzene rings is 1. The molecule has 2 amide bonds. The lowest BCUT2D eigenvalue weighted by molar-refractivity contribution is 0.1000. The maximum absolute atomic E-state index is 10.8. The van der Waals surface area contributed by atoms with Crippen molar-refractivity contribution in [2.75, 3.05) is 6.61 Å². The molecule has 0 fully saturated rings. The summed E-state index contributed by atoms with van der Waals surface area (Å²) in [4.78, 5) is 21.2. The van der Waals surface area contributed by atoms with Crippen molar-refractivity contribution in [3.63, 3.8) is 0 Å². The van der Waals surface area contributed by atoms with Gasteiger partial charge < -0.3 is 21.3 Å². The number of carboxylic acid groups (broad SMARTS) is 1. The van der Waals surface area contributed by atoms with Crippen LogP contribution in [0.4, 0.5) is 4.79 Å². The van der Waals surface area contributed by atoms with Crippen LogP contribution in [0.2, 0.25) is 0 Å². The zero-order chi connectivity index (χ0) is 12.8. The summed E-state index contributed by atoms with van der Waals surface area (Å²) in [6.45, 7) is -0.288. The lowest BCUT2D eigenvalue weighted by atomic mass is 10.0. The van der Waals surface area contributed by atoms with Gasteiger partial charge in [-0.05, 0) is 24.1 Å². The molecule has 0 radical (unpaired) electrons. The average Bonchev–Trinajstić information content (AvgIpc) is 2.28. The predicted octanol–water partition coefficient (Wildman–Crippen LogP) is -0.0435. The van der Waals surface area contributed by atoms with Crippen molar-refractivity contribution < 1.29 is 19.8 Å². The van der Waals surface area contributed by atoms with Crippen molar-refractivity contribution in [2.45, 2.75) is 12.5 Å². The summed E-state index contributed by atoms with van der Waals surface area (Å²) < 4.78 is 0. The topological polar surface area (TPSA) is 113 Å². The van der Waals surface area contributed by atoms with Gasteiger partial charge in [-0.3, -0.25) is 4.79 Å². The number of hydrogen-bond donors (Lipinski definition) is 4. The number of aliphatic hydroxyl groups excluding tert-OH is 1. The number of carbonyl (C=O) groups is 2. The van der Waals surface area contributed by atoms with Crippen LogP contribution in [0, 0.1) is 0 Å². The quantitative estimate of drug-likeness (QED) is 0.576. The van der Waals surface area contributed by atoms with E-state index in [-0.39, 0.29) is 6.61 Å². The van der Waals surface area contributed by atoms with E-state index in [2.05, 4.69) is 5.32 Å². The molecule has 0 aliphatic heterocycles. The summed E-state index contributed by atoms with van der Waals surface area (Å²) >= 11 is 0. The van der Waals surface area contributed by atoms with E-state index in [4.69, 9.17) is 15.9 Å². The van der Waals surface area contributed by atoms with Gasteiger partial charge in [-0.25, -0.2) is 4.79 Å². The van der Waals surface area contributed by atoms with Crippen LogP contribution in [-0.2, 0) is 6.42 Å². The SMILES string of the molecule is NC(=O)c1ccc(CC(CO)NC(=O)O)cc1. The number of nitrogens with two attached hydrogens (primary N) is 1. The van der Waals surface area contributed by atoms with Gasteiger partial charge in [0.15, 0.2) is 0 Å². The first-order chi connectivity index (χ1) is 8.02. The van der Waals surface area contributed by atoms with Gasteiger partial charge >= 0.3 is 6.09 Å². The number of primary amides is 1. The van der Waals surface area contributed by atoms with E-state index in [9.17, 15) is 9.59 Å². The van der Waals surface area contributed by atoms with Crippen molar-refractivity contribution in [1.29, 1.82) is 0 Å². The van der Waals surface area contributed by atoms with Crippen LogP contribution < -0.4 is 11.1 Å². The fourth-order valence-electron chi connectivity index (χ4n) is 1.43. The van der Waals surface area contributed by atoms with E-state index < -0.39 is 18.0 Å². The Morgan fingerprint density at radius 2 is 1.88 bits per heavy atom. The minimum atomic E-state index is -1.18. The molecule has 1 atom stereocenters. The third-order valence-electron chi connectivity index (χ3n) is 2.27. The first kappa shape index (κ1) is 13.0. The Balaban J connectivity index is 2.67. The predicted molar refractivity (Wildman–Crippen MR) is 60.7 cm³/mol. The van der Waals surface area contributed by atoms with E-state index in [0.29, 0.717) is 12.0 Å². The van der Waals surface area contributed by atoms with E-state index >= 15 is 0 Å². The van der Waals surface area contributed by atoms with Crippen LogP contribution in [0.5, 0.6) is 0 Å². The van der Waals surface area contributed by atoms with Gasteiger partial charge in [0.25, 0.3) is 0 Å². The molecule has 1 aromatic carbocycles. The maximum atomic E-state index is 10.8. The zero-order valence-corrected chi connectivity index (χ0v) is 9.09. The first-order valence-electron chi connectivity index (χ1n) is 5.02. The van der Waals surface area contributed by atoms with Gasteiger partial charge in [-0.15, -0.1) is 0 Å². The van der Waals surface area contributed by atoms with E-state index in [0.717, 1.165) is 5.56 Å². The number of rotatable bonds is 5. The van der Waals surface area contributed by atoms with Crippen LogP contribution in [0.1, 0.15) is 15.9 Å². The molecule has 0 heterocycles. The summed E-state index contributed by atoms with van der Waals surface area (Å²) in [5, 5.41) is 19.7. The lowest BCUT2D eigenvalue weighted by Crippen LogP contribution is -2.38. The van der Waals surface area contributed by atoms with Crippen molar-refractivity contribution in [2.24, 2.45) is 5.73 Å². The van der Waals surface area contributed by atoms with Gasteiger partial charge in [0.2, 0.25) is 5.91 Å². The Morgan fingerprint density at radius 1 is 1.29 bits per heavy atom. The standard InChI is InChI=1S/C11H14N2O4/c12-10(15)8-3-1-7(2-4-8)5-9(6-14)13-11(16)17/h1-4,9,13-14H,5-6H2,(H2,12,15)(H,16,17). The third-order valence-corrected chi connectivity index (χ3v) is 2.27. The number of nitrogens with one attached hydrogen (secondary N) is 1. The highest BCUT2D eigenvalue weighted by molar-refractivity contribution is 5.92. The smallest absolute Gasteiger partial charge is 0.404 e. The van der Waals surface area contributed by atoms with Crippen molar-refractivity contribution in [3.8, 4) is 0 Å². The Labute approximate surface area is 98.1 Å². The summed E-state index contributed by atoms with van der Waals surface area (Å²) in [5.74, 6) is -0.515. The first-order valence-corrected chi connectivity index (χ1v) is 5.02. The summed E-state index contributed by atoms with van der Waals surface area (Å²) in [6, 6.07) is 5.91. The Kier molecular flexibility index (Phi) is 4.47. The Morgan fingerprint density at radius 3 is 2.29 bits per heavy atom. The number of amides is 2. The second-order valence-electron chi connectivity index (χ2n) is 3.59. The molecule has 92 valence electrons. The van der Waals surface area contributed by atoms with Gasteiger partial charge in [-0.1, -0.05) is 12.1 Å². The molecule has 0 saturated carbocycles. The number of aliphatic hydroxyl groups is 1. The van der Waals surface area contributed by atoms with Gasteiger partial charge in [0.1, 0.15) is 0 Å². The molecular weight excluding hydrogens is 224 g/mol. The molecule has 1 aromatic rings. The highest BCUT2D eigenvalue weighted by Crippen LogP contribution is 2.06. The number of carbonyl (C=O) groups excluding carboxylic acids is 1. The van der Waals surface area contributed by atoms with Crippen LogP contribution in [0.25, 0.3) is 0 Å². The van der Waals surface area contributed by atoms with E-state index in [1.807, 2.05) is 0 Å². The average molecular weight is 238 g/mol. The molecule has 6 heteroatoms. The Hall–Kier alpha value is -2.08. The van der Waals surface area contributed by atoms with Gasteiger partial charge in [-0.2, -0.15) is 0 Å². The molecule has 1 unspecified atom stereocenters.